The molecule has 4 rings (SSSR count). The molecule has 0 saturated carbocycles. The van der Waals surface area contributed by atoms with E-state index in [1.54, 1.807) is 35.0 Å². The molecule has 0 aliphatic heterocycles. The SMILES string of the molecule is Cc1ccc(Cn2c(SCC(=O)c3ccc(Br)cc3)nc3ncccc3c2=O)cc1. The molecule has 5 nitrogen and oxygen atoms in total. The Hall–Kier alpha value is -2.77. The van der Waals surface area contributed by atoms with Gasteiger partial charge in [0.05, 0.1) is 17.7 Å². The highest BCUT2D eigenvalue weighted by Gasteiger charge is 2.15. The molecule has 0 aliphatic carbocycles. The van der Waals surface area contributed by atoms with Crippen molar-refractivity contribution >= 4 is 44.5 Å². The van der Waals surface area contributed by atoms with Gasteiger partial charge in [0.15, 0.2) is 16.6 Å². The summed E-state index contributed by atoms with van der Waals surface area (Å²) < 4.78 is 2.54. The van der Waals surface area contributed by atoms with Gasteiger partial charge in [0.2, 0.25) is 0 Å². The lowest BCUT2D eigenvalue weighted by Crippen LogP contribution is -2.24. The highest BCUT2D eigenvalue weighted by atomic mass is 79.9. The number of rotatable bonds is 6. The highest BCUT2D eigenvalue weighted by molar-refractivity contribution is 9.10. The number of nitrogens with zero attached hydrogens (tertiary/aromatic N) is 3. The van der Waals surface area contributed by atoms with Crippen LogP contribution in [-0.2, 0) is 6.54 Å². The monoisotopic (exact) mass is 479 g/mol. The van der Waals surface area contributed by atoms with Crippen LogP contribution in [0.5, 0.6) is 0 Å². The Balaban J connectivity index is 1.68. The maximum absolute atomic E-state index is 13.2. The highest BCUT2D eigenvalue weighted by Crippen LogP contribution is 2.20. The van der Waals surface area contributed by atoms with Gasteiger partial charge in [-0.3, -0.25) is 14.2 Å². The Kier molecular flexibility index (Phi) is 6.11. The summed E-state index contributed by atoms with van der Waals surface area (Å²) in [6.45, 7) is 2.40. The molecular weight excluding hydrogens is 462 g/mol. The molecular formula is C23H18BrN3O2S. The second-order valence-corrected chi connectivity index (χ2v) is 8.72. The van der Waals surface area contributed by atoms with Crippen LogP contribution in [0, 0.1) is 6.92 Å². The Bertz CT molecular complexity index is 1270. The van der Waals surface area contributed by atoms with Gasteiger partial charge in [0, 0.05) is 16.2 Å². The lowest BCUT2D eigenvalue weighted by atomic mass is 10.1. The lowest BCUT2D eigenvalue weighted by Gasteiger charge is -2.13. The van der Waals surface area contributed by atoms with Gasteiger partial charge in [-0.15, -0.1) is 0 Å². The molecule has 0 fully saturated rings. The van der Waals surface area contributed by atoms with Crippen LogP contribution in [0.25, 0.3) is 11.0 Å². The number of halogens is 1. The zero-order valence-electron chi connectivity index (χ0n) is 16.2. The van der Waals surface area contributed by atoms with E-state index in [0.29, 0.717) is 28.3 Å². The van der Waals surface area contributed by atoms with Crippen molar-refractivity contribution < 1.29 is 4.79 Å². The summed E-state index contributed by atoms with van der Waals surface area (Å²) in [4.78, 5) is 34.6. The number of hydrogen-bond donors (Lipinski definition) is 0. The van der Waals surface area contributed by atoms with Gasteiger partial charge in [-0.25, -0.2) is 9.97 Å². The van der Waals surface area contributed by atoms with Crippen LogP contribution < -0.4 is 5.56 Å². The summed E-state index contributed by atoms with van der Waals surface area (Å²) in [6.07, 6.45) is 1.61. The fourth-order valence-corrected chi connectivity index (χ4v) is 4.16. The zero-order chi connectivity index (χ0) is 21.1. The lowest BCUT2D eigenvalue weighted by molar-refractivity contribution is 0.102. The van der Waals surface area contributed by atoms with E-state index >= 15 is 0 Å². The molecule has 0 aliphatic rings. The van der Waals surface area contributed by atoms with Gasteiger partial charge in [-0.1, -0.05) is 69.7 Å². The number of carbonyl (C=O) groups excluding carboxylic acids is 1. The van der Waals surface area contributed by atoms with Crippen LogP contribution in [0.1, 0.15) is 21.5 Å². The summed E-state index contributed by atoms with van der Waals surface area (Å²) >= 11 is 4.63. The number of carbonyl (C=O) groups is 1. The van der Waals surface area contributed by atoms with Crippen molar-refractivity contribution in [2.75, 3.05) is 5.75 Å². The predicted octanol–water partition coefficient (Wildman–Crippen LogP) is 4.89. The van der Waals surface area contributed by atoms with Gasteiger partial charge in [0.1, 0.15) is 0 Å². The van der Waals surface area contributed by atoms with Crippen molar-refractivity contribution in [2.45, 2.75) is 18.6 Å². The number of fused-ring (bicyclic) bond motifs is 1. The minimum Gasteiger partial charge on any atom is -0.293 e. The Morgan fingerprint density at radius 1 is 1.07 bits per heavy atom. The maximum Gasteiger partial charge on any atom is 0.263 e. The van der Waals surface area contributed by atoms with Crippen LogP contribution in [-0.4, -0.2) is 26.1 Å². The third kappa shape index (κ3) is 4.52. The molecule has 7 heteroatoms. The molecule has 0 N–H and O–H groups in total. The average Bonchev–Trinajstić information content (AvgIpc) is 2.76. The minimum atomic E-state index is -0.160. The molecule has 0 unspecified atom stereocenters. The van der Waals surface area contributed by atoms with E-state index in [0.717, 1.165) is 15.6 Å². The first kappa shape index (κ1) is 20.5. The summed E-state index contributed by atoms with van der Waals surface area (Å²) in [6, 6.07) is 18.7. The maximum atomic E-state index is 13.2. The van der Waals surface area contributed by atoms with Gasteiger partial charge in [0.25, 0.3) is 5.56 Å². The van der Waals surface area contributed by atoms with Gasteiger partial charge in [-0.05, 0) is 36.8 Å². The molecule has 0 spiro atoms. The summed E-state index contributed by atoms with van der Waals surface area (Å²) in [5.74, 6) is 0.157. The number of thioether (sulfide) groups is 1. The topological polar surface area (TPSA) is 64.8 Å². The largest absolute Gasteiger partial charge is 0.293 e. The van der Waals surface area contributed by atoms with Crippen molar-refractivity contribution in [3.8, 4) is 0 Å². The summed E-state index contributed by atoms with van der Waals surface area (Å²) in [5, 5.41) is 0.949. The first-order valence-corrected chi connectivity index (χ1v) is 11.1. The molecule has 30 heavy (non-hydrogen) atoms. The molecule has 4 aromatic rings. The van der Waals surface area contributed by atoms with Crippen LogP contribution in [0.3, 0.4) is 0 Å². The van der Waals surface area contributed by atoms with E-state index in [-0.39, 0.29) is 17.1 Å². The van der Waals surface area contributed by atoms with Gasteiger partial charge < -0.3 is 0 Å². The van der Waals surface area contributed by atoms with Gasteiger partial charge in [-0.2, -0.15) is 0 Å². The predicted molar refractivity (Wildman–Crippen MR) is 123 cm³/mol. The van der Waals surface area contributed by atoms with E-state index in [9.17, 15) is 9.59 Å². The third-order valence-electron chi connectivity index (χ3n) is 4.65. The number of pyridine rings is 1. The van der Waals surface area contributed by atoms with Crippen molar-refractivity contribution in [3.05, 3.63) is 98.4 Å². The fraction of sp³-hybridized carbons (Fsp3) is 0.130. The van der Waals surface area contributed by atoms with Crippen molar-refractivity contribution in [3.63, 3.8) is 0 Å². The molecule has 0 bridgehead atoms. The molecule has 2 aromatic carbocycles. The average molecular weight is 480 g/mol. The molecule has 2 heterocycles. The van der Waals surface area contributed by atoms with E-state index in [1.807, 2.05) is 43.3 Å². The third-order valence-corrected chi connectivity index (χ3v) is 6.16. The minimum absolute atomic E-state index is 0.0234. The number of Topliss-reactive ketones (excluding diaryl/α,β-unsaturated/α-hetero) is 1. The Morgan fingerprint density at radius 2 is 1.80 bits per heavy atom. The first-order chi connectivity index (χ1) is 14.5. The summed E-state index contributed by atoms with van der Waals surface area (Å²) in [5.41, 5.74) is 3.00. The molecule has 0 atom stereocenters. The van der Waals surface area contributed by atoms with E-state index in [4.69, 9.17) is 0 Å². The normalized spacial score (nSPS) is 11.0. The van der Waals surface area contributed by atoms with E-state index < -0.39 is 0 Å². The number of hydrogen-bond acceptors (Lipinski definition) is 5. The number of aryl methyl sites for hydroxylation is 1. The smallest absolute Gasteiger partial charge is 0.263 e. The second-order valence-electron chi connectivity index (χ2n) is 6.86. The van der Waals surface area contributed by atoms with Crippen LogP contribution in [0.2, 0.25) is 0 Å². The first-order valence-electron chi connectivity index (χ1n) is 9.34. The summed E-state index contributed by atoms with van der Waals surface area (Å²) in [7, 11) is 0. The number of ketones is 1. The standard InChI is InChI=1S/C23H18BrN3O2S/c1-15-4-6-16(7-5-15)13-27-22(29)19-3-2-12-25-21(19)26-23(27)30-14-20(28)17-8-10-18(24)11-9-17/h2-12H,13-14H2,1H3. The van der Waals surface area contributed by atoms with E-state index in [1.165, 1.54) is 11.8 Å². The molecule has 150 valence electrons. The van der Waals surface area contributed by atoms with Crippen molar-refractivity contribution in [1.82, 2.24) is 14.5 Å². The van der Waals surface area contributed by atoms with Gasteiger partial charge >= 0.3 is 0 Å². The van der Waals surface area contributed by atoms with Crippen molar-refractivity contribution in [2.24, 2.45) is 0 Å². The molecule has 0 amide bonds. The van der Waals surface area contributed by atoms with Crippen LogP contribution in [0.4, 0.5) is 0 Å². The van der Waals surface area contributed by atoms with Crippen LogP contribution >= 0.6 is 27.7 Å². The molecule has 0 saturated heterocycles. The van der Waals surface area contributed by atoms with Crippen molar-refractivity contribution in [1.29, 1.82) is 0 Å². The Morgan fingerprint density at radius 3 is 2.53 bits per heavy atom. The number of benzene rings is 2. The number of aromatic nitrogens is 3. The molecule has 0 radical (unpaired) electrons. The molecule has 2 aromatic heterocycles. The fourth-order valence-electron chi connectivity index (χ4n) is 3.01. The van der Waals surface area contributed by atoms with E-state index in [2.05, 4.69) is 25.9 Å². The Labute approximate surface area is 186 Å². The zero-order valence-corrected chi connectivity index (χ0v) is 18.6. The second kappa shape index (κ2) is 8.93. The van der Waals surface area contributed by atoms with Crippen LogP contribution in [0.15, 0.2) is 81.3 Å². The quantitative estimate of drug-likeness (QED) is 0.224.